The topological polar surface area (TPSA) is 69.6 Å². The highest BCUT2D eigenvalue weighted by molar-refractivity contribution is 5.72. The van der Waals surface area contributed by atoms with Gasteiger partial charge in [-0.3, -0.25) is 4.79 Å². The molecule has 0 saturated carbocycles. The highest BCUT2D eigenvalue weighted by atomic mass is 16.4. The second-order valence-corrected chi connectivity index (χ2v) is 4.48. The van der Waals surface area contributed by atoms with E-state index in [0.29, 0.717) is 0 Å². The van der Waals surface area contributed by atoms with Gasteiger partial charge in [0, 0.05) is 6.54 Å². The largest absolute Gasteiger partial charge is 0.480 e. The van der Waals surface area contributed by atoms with Gasteiger partial charge < -0.3 is 15.5 Å². The number of hydrogen-bond acceptors (Lipinski definition) is 3. The van der Waals surface area contributed by atoms with Crippen molar-refractivity contribution >= 4 is 5.97 Å². The summed E-state index contributed by atoms with van der Waals surface area (Å²) in [6, 6.07) is 7.13. The molecule has 0 spiro atoms. The Morgan fingerprint density at radius 1 is 1.33 bits per heavy atom. The lowest BCUT2D eigenvalue weighted by atomic mass is 10.0. The highest BCUT2D eigenvalue weighted by Gasteiger charge is 2.13. The van der Waals surface area contributed by atoms with Crippen LogP contribution in [0.15, 0.2) is 24.3 Å². The number of aryl methyl sites for hydroxylation is 1. The van der Waals surface area contributed by atoms with Crippen LogP contribution in [-0.2, 0) is 11.2 Å². The lowest BCUT2D eigenvalue weighted by Gasteiger charge is -2.15. The molecule has 0 aliphatic rings. The molecular formula is C14H21NO3. The molecule has 0 fully saturated rings. The number of carboxylic acid groups (broad SMARTS) is 1. The molecule has 18 heavy (non-hydrogen) atoms. The van der Waals surface area contributed by atoms with Crippen molar-refractivity contribution in [3.8, 4) is 0 Å². The zero-order valence-corrected chi connectivity index (χ0v) is 10.9. The third kappa shape index (κ3) is 4.47. The second kappa shape index (κ2) is 7.13. The van der Waals surface area contributed by atoms with E-state index in [-0.39, 0.29) is 6.54 Å². The summed E-state index contributed by atoms with van der Waals surface area (Å²) >= 11 is 0. The van der Waals surface area contributed by atoms with Gasteiger partial charge in [-0.2, -0.15) is 0 Å². The Morgan fingerprint density at radius 3 is 2.44 bits per heavy atom. The van der Waals surface area contributed by atoms with Gasteiger partial charge in [0.1, 0.15) is 6.04 Å². The van der Waals surface area contributed by atoms with E-state index in [4.69, 9.17) is 5.11 Å². The molecule has 1 aromatic carbocycles. The minimum atomic E-state index is -0.916. The number of nitrogens with one attached hydrogen (secondary N) is 1. The molecule has 3 N–H and O–H groups in total. The van der Waals surface area contributed by atoms with Crippen molar-refractivity contribution in [2.45, 2.75) is 38.8 Å². The van der Waals surface area contributed by atoms with Gasteiger partial charge >= 0.3 is 5.97 Å². The van der Waals surface area contributed by atoms with Crippen LogP contribution < -0.4 is 5.32 Å². The molecule has 0 aliphatic carbocycles. The van der Waals surface area contributed by atoms with Crippen LogP contribution in [0.5, 0.6) is 0 Å². The maximum atomic E-state index is 10.6. The first-order valence-corrected chi connectivity index (χ1v) is 6.27. The molecule has 0 bridgehead atoms. The lowest BCUT2D eigenvalue weighted by molar-refractivity contribution is -0.139. The molecule has 2 atom stereocenters. The first-order valence-electron chi connectivity index (χ1n) is 6.27. The molecule has 0 heterocycles. The summed E-state index contributed by atoms with van der Waals surface area (Å²) in [7, 11) is 0. The Hall–Kier alpha value is -1.39. The smallest absolute Gasteiger partial charge is 0.320 e. The van der Waals surface area contributed by atoms with Crippen LogP contribution in [0.3, 0.4) is 0 Å². The minimum Gasteiger partial charge on any atom is -0.480 e. The summed E-state index contributed by atoms with van der Waals surface area (Å²) in [6.45, 7) is 3.92. The number of carboxylic acids is 1. The van der Waals surface area contributed by atoms with Crippen LogP contribution in [0.2, 0.25) is 0 Å². The highest BCUT2D eigenvalue weighted by Crippen LogP contribution is 2.14. The van der Waals surface area contributed by atoms with Gasteiger partial charge in [0.25, 0.3) is 0 Å². The minimum absolute atomic E-state index is 0.237. The number of aliphatic hydroxyl groups is 1. The van der Waals surface area contributed by atoms with E-state index < -0.39 is 18.1 Å². The quantitative estimate of drug-likeness (QED) is 0.690. The summed E-state index contributed by atoms with van der Waals surface area (Å²) in [6.07, 6.45) is 1.45. The van der Waals surface area contributed by atoms with Crippen LogP contribution in [0, 0.1) is 0 Å². The molecule has 100 valence electrons. The van der Waals surface area contributed by atoms with Crippen molar-refractivity contribution in [3.63, 3.8) is 0 Å². The van der Waals surface area contributed by atoms with E-state index >= 15 is 0 Å². The molecule has 1 aromatic rings. The number of rotatable bonds is 7. The van der Waals surface area contributed by atoms with Gasteiger partial charge in [-0.15, -0.1) is 0 Å². The van der Waals surface area contributed by atoms with E-state index in [1.807, 2.05) is 24.3 Å². The number of carbonyl (C=O) groups is 1. The summed E-state index contributed by atoms with van der Waals surface area (Å²) < 4.78 is 0. The lowest BCUT2D eigenvalue weighted by Crippen LogP contribution is -2.36. The molecule has 1 rings (SSSR count). The Kier molecular flexibility index (Phi) is 5.82. The fourth-order valence-electron chi connectivity index (χ4n) is 1.69. The Bertz CT molecular complexity index is 375. The Morgan fingerprint density at radius 2 is 1.94 bits per heavy atom. The standard InChI is InChI=1S/C14H21NO3/c1-3-4-11-5-7-12(8-6-11)13(16)9-15-10(2)14(17)18/h5-8,10,13,15-16H,3-4,9H2,1-2H3,(H,17,18). The van der Waals surface area contributed by atoms with Gasteiger partial charge in [-0.1, -0.05) is 37.6 Å². The molecule has 0 aromatic heterocycles. The summed E-state index contributed by atoms with van der Waals surface area (Å²) in [5.74, 6) is -0.916. The Balaban J connectivity index is 2.50. The van der Waals surface area contributed by atoms with E-state index in [0.717, 1.165) is 18.4 Å². The van der Waals surface area contributed by atoms with Gasteiger partial charge in [-0.25, -0.2) is 0 Å². The summed E-state index contributed by atoms with van der Waals surface area (Å²) in [5.41, 5.74) is 2.06. The zero-order chi connectivity index (χ0) is 13.5. The first kappa shape index (κ1) is 14.7. The molecule has 0 radical (unpaired) electrons. The number of aliphatic carboxylic acids is 1. The molecule has 0 aliphatic heterocycles. The molecule has 4 heteroatoms. The van der Waals surface area contributed by atoms with Crippen molar-refractivity contribution in [2.75, 3.05) is 6.54 Å². The van der Waals surface area contributed by atoms with Gasteiger partial charge in [0.15, 0.2) is 0 Å². The third-order valence-electron chi connectivity index (χ3n) is 2.89. The van der Waals surface area contributed by atoms with Crippen LogP contribution in [0.25, 0.3) is 0 Å². The first-order chi connectivity index (χ1) is 8.54. The van der Waals surface area contributed by atoms with Gasteiger partial charge in [0.2, 0.25) is 0 Å². The van der Waals surface area contributed by atoms with E-state index in [2.05, 4.69) is 12.2 Å². The fraction of sp³-hybridized carbons (Fsp3) is 0.500. The molecule has 4 nitrogen and oxygen atoms in total. The zero-order valence-electron chi connectivity index (χ0n) is 10.9. The molecule has 0 saturated heterocycles. The number of benzene rings is 1. The summed E-state index contributed by atoms with van der Waals surface area (Å²) in [4.78, 5) is 10.6. The van der Waals surface area contributed by atoms with Crippen molar-refractivity contribution in [1.29, 1.82) is 0 Å². The Labute approximate surface area is 108 Å². The molecule has 0 amide bonds. The van der Waals surface area contributed by atoms with Gasteiger partial charge in [0.05, 0.1) is 6.10 Å². The molecule has 2 unspecified atom stereocenters. The predicted molar refractivity (Wildman–Crippen MR) is 70.5 cm³/mol. The fourth-order valence-corrected chi connectivity index (χ4v) is 1.69. The van der Waals surface area contributed by atoms with Crippen LogP contribution in [-0.4, -0.2) is 28.8 Å². The maximum absolute atomic E-state index is 10.6. The van der Waals surface area contributed by atoms with Crippen molar-refractivity contribution in [1.82, 2.24) is 5.32 Å². The maximum Gasteiger partial charge on any atom is 0.320 e. The number of hydrogen-bond donors (Lipinski definition) is 3. The SMILES string of the molecule is CCCc1ccc(C(O)CNC(C)C(=O)O)cc1. The van der Waals surface area contributed by atoms with Crippen molar-refractivity contribution in [2.24, 2.45) is 0 Å². The van der Waals surface area contributed by atoms with E-state index in [1.165, 1.54) is 5.56 Å². The van der Waals surface area contributed by atoms with Crippen molar-refractivity contribution in [3.05, 3.63) is 35.4 Å². The van der Waals surface area contributed by atoms with E-state index in [9.17, 15) is 9.90 Å². The monoisotopic (exact) mass is 251 g/mol. The average molecular weight is 251 g/mol. The molecular weight excluding hydrogens is 230 g/mol. The number of aliphatic hydroxyl groups excluding tert-OH is 1. The van der Waals surface area contributed by atoms with Crippen molar-refractivity contribution < 1.29 is 15.0 Å². The van der Waals surface area contributed by atoms with Crippen LogP contribution >= 0.6 is 0 Å². The normalized spacial score (nSPS) is 14.2. The van der Waals surface area contributed by atoms with Crippen LogP contribution in [0.4, 0.5) is 0 Å². The summed E-state index contributed by atoms with van der Waals surface area (Å²) in [5, 5.41) is 21.4. The average Bonchev–Trinajstić information content (AvgIpc) is 2.36. The van der Waals surface area contributed by atoms with E-state index in [1.54, 1.807) is 6.92 Å². The third-order valence-corrected chi connectivity index (χ3v) is 2.89. The second-order valence-electron chi connectivity index (χ2n) is 4.48. The predicted octanol–water partition coefficient (Wildman–Crippen LogP) is 1.74. The van der Waals surface area contributed by atoms with Gasteiger partial charge in [-0.05, 0) is 24.5 Å². The van der Waals surface area contributed by atoms with Crippen LogP contribution in [0.1, 0.15) is 37.5 Å².